The molecule has 0 aromatic heterocycles. The fraction of sp³-hybridized carbons (Fsp3) is 0.286. The van der Waals surface area contributed by atoms with Gasteiger partial charge in [-0.3, -0.25) is 14.4 Å². The first-order valence-corrected chi connectivity index (χ1v) is 8.86. The minimum Gasteiger partial charge on any atom is -0.342 e. The van der Waals surface area contributed by atoms with E-state index in [1.165, 1.54) is 19.1 Å². The van der Waals surface area contributed by atoms with Crippen LogP contribution in [0.3, 0.4) is 0 Å². The third-order valence-electron chi connectivity index (χ3n) is 4.73. The van der Waals surface area contributed by atoms with Crippen LogP contribution in [-0.2, 0) is 16.0 Å². The Bertz CT molecular complexity index is 847. The zero-order chi connectivity index (χ0) is 19.4. The van der Waals surface area contributed by atoms with E-state index in [1.807, 2.05) is 0 Å². The van der Waals surface area contributed by atoms with Gasteiger partial charge in [-0.25, -0.2) is 4.39 Å². The maximum absolute atomic E-state index is 12.9. The molecule has 0 saturated carbocycles. The number of rotatable bonds is 6. The average Bonchev–Trinajstić information content (AvgIpc) is 3.03. The summed E-state index contributed by atoms with van der Waals surface area (Å²) in [5.41, 5.74) is 2.13. The van der Waals surface area contributed by atoms with Crippen molar-refractivity contribution in [2.24, 2.45) is 5.92 Å². The van der Waals surface area contributed by atoms with Crippen LogP contribution in [0.4, 0.5) is 10.1 Å². The SMILES string of the molecule is CC(=O)c1ccc(NC(=O)C2CC(=O)N(CCc3ccc(F)cc3)C2)cc1. The Morgan fingerprint density at radius 3 is 2.41 bits per heavy atom. The average molecular weight is 368 g/mol. The minimum absolute atomic E-state index is 0.0361. The summed E-state index contributed by atoms with van der Waals surface area (Å²) in [4.78, 5) is 37.6. The second-order valence-electron chi connectivity index (χ2n) is 6.74. The number of ketones is 1. The van der Waals surface area contributed by atoms with Crippen molar-refractivity contribution in [3.63, 3.8) is 0 Å². The molecule has 0 radical (unpaired) electrons. The van der Waals surface area contributed by atoms with E-state index in [-0.39, 0.29) is 29.8 Å². The molecule has 1 aliphatic rings. The summed E-state index contributed by atoms with van der Waals surface area (Å²) < 4.78 is 12.9. The Morgan fingerprint density at radius 2 is 1.78 bits per heavy atom. The number of carbonyl (C=O) groups excluding carboxylic acids is 3. The third-order valence-corrected chi connectivity index (χ3v) is 4.73. The highest BCUT2D eigenvalue weighted by molar-refractivity contribution is 5.98. The number of hydrogen-bond acceptors (Lipinski definition) is 3. The predicted octanol–water partition coefficient (Wildman–Crippen LogP) is 3.06. The summed E-state index contributed by atoms with van der Waals surface area (Å²) in [5.74, 6) is -0.985. The summed E-state index contributed by atoms with van der Waals surface area (Å²) in [5, 5.41) is 2.80. The molecule has 0 aliphatic carbocycles. The van der Waals surface area contributed by atoms with Crippen LogP contribution in [0.25, 0.3) is 0 Å². The Labute approximate surface area is 157 Å². The van der Waals surface area contributed by atoms with Crippen LogP contribution in [0.1, 0.15) is 29.3 Å². The lowest BCUT2D eigenvalue weighted by molar-refractivity contribution is -0.128. The quantitative estimate of drug-likeness (QED) is 0.797. The largest absolute Gasteiger partial charge is 0.342 e. The van der Waals surface area contributed by atoms with Crippen LogP contribution in [0, 0.1) is 11.7 Å². The van der Waals surface area contributed by atoms with E-state index in [9.17, 15) is 18.8 Å². The fourth-order valence-corrected chi connectivity index (χ4v) is 3.11. The van der Waals surface area contributed by atoms with Crippen LogP contribution < -0.4 is 5.32 Å². The zero-order valence-electron chi connectivity index (χ0n) is 15.1. The van der Waals surface area contributed by atoms with E-state index in [2.05, 4.69) is 5.32 Å². The molecule has 0 spiro atoms. The van der Waals surface area contributed by atoms with Gasteiger partial charge in [-0.2, -0.15) is 0 Å². The van der Waals surface area contributed by atoms with Gasteiger partial charge in [0.15, 0.2) is 5.78 Å². The van der Waals surface area contributed by atoms with Gasteiger partial charge in [0.2, 0.25) is 11.8 Å². The molecule has 1 N–H and O–H groups in total. The monoisotopic (exact) mass is 368 g/mol. The number of likely N-dealkylation sites (tertiary alicyclic amines) is 1. The lowest BCUT2D eigenvalue weighted by atomic mass is 10.1. The highest BCUT2D eigenvalue weighted by atomic mass is 19.1. The number of amides is 2. The van der Waals surface area contributed by atoms with Gasteiger partial charge in [0, 0.05) is 30.8 Å². The highest BCUT2D eigenvalue weighted by Crippen LogP contribution is 2.21. The van der Waals surface area contributed by atoms with Crippen molar-refractivity contribution in [2.75, 3.05) is 18.4 Å². The second kappa shape index (κ2) is 8.12. The number of halogens is 1. The Hall–Kier alpha value is -3.02. The maximum atomic E-state index is 12.9. The van der Waals surface area contributed by atoms with Gasteiger partial charge in [0.1, 0.15) is 5.82 Å². The smallest absolute Gasteiger partial charge is 0.229 e. The number of anilines is 1. The molecule has 2 amide bonds. The number of hydrogen-bond donors (Lipinski definition) is 1. The van der Waals surface area contributed by atoms with Crippen molar-refractivity contribution in [3.8, 4) is 0 Å². The van der Waals surface area contributed by atoms with Crippen LogP contribution >= 0.6 is 0 Å². The summed E-state index contributed by atoms with van der Waals surface area (Å²) in [6.45, 7) is 2.36. The molecular formula is C21H21FN2O3. The molecule has 3 rings (SSSR count). The molecule has 0 bridgehead atoms. The molecule has 1 unspecified atom stereocenters. The van der Waals surface area contributed by atoms with E-state index in [0.29, 0.717) is 30.8 Å². The normalized spacial score (nSPS) is 16.4. The van der Waals surface area contributed by atoms with Gasteiger partial charge in [0.25, 0.3) is 0 Å². The molecule has 2 aromatic carbocycles. The zero-order valence-corrected chi connectivity index (χ0v) is 15.1. The van der Waals surface area contributed by atoms with E-state index in [0.717, 1.165) is 5.56 Å². The molecule has 1 aliphatic heterocycles. The van der Waals surface area contributed by atoms with Gasteiger partial charge in [-0.15, -0.1) is 0 Å². The number of nitrogens with zero attached hydrogens (tertiary/aromatic N) is 1. The number of benzene rings is 2. The first kappa shape index (κ1) is 18.8. The van der Waals surface area contributed by atoms with E-state index < -0.39 is 5.92 Å². The lowest BCUT2D eigenvalue weighted by Crippen LogP contribution is -2.30. The van der Waals surface area contributed by atoms with Crippen molar-refractivity contribution < 1.29 is 18.8 Å². The van der Waals surface area contributed by atoms with Gasteiger partial charge < -0.3 is 10.2 Å². The van der Waals surface area contributed by atoms with Crippen LogP contribution in [0.5, 0.6) is 0 Å². The molecule has 1 heterocycles. The Balaban J connectivity index is 1.53. The molecule has 140 valence electrons. The first-order chi connectivity index (χ1) is 12.9. The van der Waals surface area contributed by atoms with Crippen molar-refractivity contribution in [1.29, 1.82) is 0 Å². The van der Waals surface area contributed by atoms with Gasteiger partial charge in [0.05, 0.1) is 5.92 Å². The highest BCUT2D eigenvalue weighted by Gasteiger charge is 2.34. The van der Waals surface area contributed by atoms with Gasteiger partial charge in [-0.1, -0.05) is 12.1 Å². The van der Waals surface area contributed by atoms with Crippen LogP contribution in [0.2, 0.25) is 0 Å². The molecule has 1 saturated heterocycles. The molecule has 2 aromatic rings. The fourth-order valence-electron chi connectivity index (χ4n) is 3.11. The Morgan fingerprint density at radius 1 is 1.11 bits per heavy atom. The van der Waals surface area contributed by atoms with Crippen LogP contribution in [-0.4, -0.2) is 35.6 Å². The first-order valence-electron chi connectivity index (χ1n) is 8.86. The number of carbonyl (C=O) groups is 3. The topological polar surface area (TPSA) is 66.5 Å². The molecular weight excluding hydrogens is 347 g/mol. The summed E-state index contributed by atoms with van der Waals surface area (Å²) >= 11 is 0. The minimum atomic E-state index is -0.404. The van der Waals surface area contributed by atoms with Gasteiger partial charge >= 0.3 is 0 Å². The standard InChI is InChI=1S/C21H21FN2O3/c1-14(25)16-4-8-19(9-5-16)23-21(27)17-12-20(26)24(13-17)11-10-15-2-6-18(22)7-3-15/h2-9,17H,10-13H2,1H3,(H,23,27). The van der Waals surface area contributed by atoms with Crippen molar-refractivity contribution in [3.05, 3.63) is 65.5 Å². The van der Waals surface area contributed by atoms with E-state index in [4.69, 9.17) is 0 Å². The van der Waals surface area contributed by atoms with Crippen molar-refractivity contribution in [1.82, 2.24) is 4.90 Å². The number of nitrogens with one attached hydrogen (secondary N) is 1. The van der Waals surface area contributed by atoms with E-state index >= 15 is 0 Å². The van der Waals surface area contributed by atoms with Crippen molar-refractivity contribution in [2.45, 2.75) is 19.8 Å². The third kappa shape index (κ3) is 4.78. The molecule has 27 heavy (non-hydrogen) atoms. The molecule has 1 fully saturated rings. The molecule has 6 heteroatoms. The van der Waals surface area contributed by atoms with Gasteiger partial charge in [-0.05, 0) is 55.3 Å². The lowest BCUT2D eigenvalue weighted by Gasteiger charge is -2.16. The predicted molar refractivity (Wildman–Crippen MR) is 99.9 cm³/mol. The Kier molecular flexibility index (Phi) is 5.64. The maximum Gasteiger partial charge on any atom is 0.229 e. The second-order valence-corrected chi connectivity index (χ2v) is 6.74. The van der Waals surface area contributed by atoms with Crippen molar-refractivity contribution >= 4 is 23.3 Å². The summed E-state index contributed by atoms with van der Waals surface area (Å²) in [6.07, 6.45) is 0.799. The van der Waals surface area contributed by atoms with E-state index in [1.54, 1.807) is 41.3 Å². The molecule has 1 atom stereocenters. The number of Topliss-reactive ketones (excluding diaryl/α,β-unsaturated/α-hetero) is 1. The summed E-state index contributed by atoms with van der Waals surface area (Å²) in [7, 11) is 0. The molecule has 5 nitrogen and oxygen atoms in total. The van der Waals surface area contributed by atoms with Crippen LogP contribution in [0.15, 0.2) is 48.5 Å². The summed E-state index contributed by atoms with van der Waals surface area (Å²) in [6, 6.07) is 12.9.